The highest BCUT2D eigenvalue weighted by Crippen LogP contribution is 2.26. The van der Waals surface area contributed by atoms with Gasteiger partial charge in [-0.3, -0.25) is 9.20 Å². The number of esters is 1. The minimum absolute atomic E-state index is 0.0154. The van der Waals surface area contributed by atoms with E-state index in [1.165, 1.54) is 0 Å². The zero-order chi connectivity index (χ0) is 18.5. The number of hydrogen-bond donors (Lipinski definition) is 0. The molecule has 0 aliphatic carbocycles. The molecule has 0 aliphatic heterocycles. The van der Waals surface area contributed by atoms with Crippen molar-refractivity contribution in [3.8, 4) is 6.07 Å². The van der Waals surface area contributed by atoms with Gasteiger partial charge in [-0.05, 0) is 44.2 Å². The molecule has 3 rings (SSSR count). The van der Waals surface area contributed by atoms with Crippen molar-refractivity contribution < 1.29 is 9.53 Å². The average molecular weight is 347 g/mol. The van der Waals surface area contributed by atoms with E-state index in [4.69, 9.17) is 10.00 Å². The quantitative estimate of drug-likeness (QED) is 0.514. The molecule has 0 amide bonds. The van der Waals surface area contributed by atoms with Gasteiger partial charge < -0.3 is 4.74 Å². The lowest BCUT2D eigenvalue weighted by Gasteiger charge is -2.02. The van der Waals surface area contributed by atoms with Crippen molar-refractivity contribution in [3.63, 3.8) is 0 Å². The van der Waals surface area contributed by atoms with E-state index >= 15 is 0 Å². The SMILES string of the molecule is CCOC(=O)Cc1nc2cccc(C)n2c1N=Nc1cccc(C#N)c1. The molecule has 0 radical (unpaired) electrons. The number of pyridine rings is 1. The van der Waals surface area contributed by atoms with E-state index in [2.05, 4.69) is 21.3 Å². The lowest BCUT2D eigenvalue weighted by molar-refractivity contribution is -0.142. The zero-order valence-electron chi connectivity index (χ0n) is 14.5. The number of benzene rings is 1. The molecule has 0 aliphatic rings. The topological polar surface area (TPSA) is 92.1 Å². The number of rotatable bonds is 5. The number of hydrogen-bond acceptors (Lipinski definition) is 6. The summed E-state index contributed by atoms with van der Waals surface area (Å²) in [5, 5.41) is 17.5. The van der Waals surface area contributed by atoms with Crippen molar-refractivity contribution in [2.24, 2.45) is 10.2 Å². The normalized spacial score (nSPS) is 11.0. The standard InChI is InChI=1S/C19H17N5O2/c1-3-26-18(25)11-16-19(24-13(2)6-4-9-17(24)21-16)23-22-15-8-5-7-14(10-15)12-20/h4-10H,3,11H2,1-2H3. The Bertz CT molecular complexity index is 1030. The van der Waals surface area contributed by atoms with Crippen molar-refractivity contribution in [1.29, 1.82) is 5.26 Å². The van der Waals surface area contributed by atoms with Gasteiger partial charge in [0.2, 0.25) is 0 Å². The van der Waals surface area contributed by atoms with Gasteiger partial charge in [0.15, 0.2) is 5.82 Å². The van der Waals surface area contributed by atoms with E-state index in [9.17, 15) is 4.79 Å². The summed E-state index contributed by atoms with van der Waals surface area (Å²) in [5.41, 5.74) is 3.16. The van der Waals surface area contributed by atoms with Crippen LogP contribution in [0.5, 0.6) is 0 Å². The van der Waals surface area contributed by atoms with Gasteiger partial charge in [0.25, 0.3) is 0 Å². The molecular formula is C19H17N5O2. The van der Waals surface area contributed by atoms with Crippen LogP contribution in [0, 0.1) is 18.3 Å². The summed E-state index contributed by atoms with van der Waals surface area (Å²) in [5.74, 6) is 0.116. The molecule has 26 heavy (non-hydrogen) atoms. The Balaban J connectivity index is 2.05. The monoisotopic (exact) mass is 347 g/mol. The van der Waals surface area contributed by atoms with Crippen LogP contribution >= 0.6 is 0 Å². The lowest BCUT2D eigenvalue weighted by Crippen LogP contribution is -2.07. The van der Waals surface area contributed by atoms with Crippen LogP contribution in [0.15, 0.2) is 52.7 Å². The van der Waals surface area contributed by atoms with Crippen molar-refractivity contribution in [3.05, 3.63) is 59.4 Å². The number of ether oxygens (including phenoxy) is 1. The fraction of sp³-hybridized carbons (Fsp3) is 0.211. The molecule has 0 fully saturated rings. The maximum absolute atomic E-state index is 11.9. The predicted octanol–water partition coefficient (Wildman–Crippen LogP) is 4.04. The molecule has 3 aromatic rings. The van der Waals surface area contributed by atoms with Crippen LogP contribution in [0.2, 0.25) is 0 Å². The first-order valence-corrected chi connectivity index (χ1v) is 8.17. The second-order valence-corrected chi connectivity index (χ2v) is 5.59. The summed E-state index contributed by atoms with van der Waals surface area (Å²) in [6.45, 7) is 4.00. The number of nitriles is 1. The molecular weight excluding hydrogens is 330 g/mol. The van der Waals surface area contributed by atoms with Gasteiger partial charge >= 0.3 is 5.97 Å². The number of aryl methyl sites for hydroxylation is 1. The number of fused-ring (bicyclic) bond motifs is 1. The Hall–Kier alpha value is -3.53. The molecule has 0 atom stereocenters. The summed E-state index contributed by atoms with van der Waals surface area (Å²) in [4.78, 5) is 16.4. The second-order valence-electron chi connectivity index (χ2n) is 5.59. The lowest BCUT2D eigenvalue weighted by atomic mass is 10.2. The Morgan fingerprint density at radius 3 is 2.85 bits per heavy atom. The van der Waals surface area contributed by atoms with Gasteiger partial charge in [0, 0.05) is 5.69 Å². The first-order valence-electron chi connectivity index (χ1n) is 8.17. The fourth-order valence-corrected chi connectivity index (χ4v) is 2.60. The van der Waals surface area contributed by atoms with Gasteiger partial charge in [-0.25, -0.2) is 4.98 Å². The van der Waals surface area contributed by atoms with Crippen LogP contribution < -0.4 is 0 Å². The van der Waals surface area contributed by atoms with Crippen LogP contribution in [0.25, 0.3) is 5.65 Å². The molecule has 7 nitrogen and oxygen atoms in total. The Morgan fingerprint density at radius 1 is 1.27 bits per heavy atom. The number of imidazole rings is 1. The third-order valence-corrected chi connectivity index (χ3v) is 3.74. The van der Waals surface area contributed by atoms with Crippen LogP contribution in [-0.2, 0) is 16.0 Å². The molecule has 130 valence electrons. The first-order chi connectivity index (χ1) is 12.6. The maximum Gasteiger partial charge on any atom is 0.312 e. The first kappa shape index (κ1) is 17.3. The van der Waals surface area contributed by atoms with Gasteiger partial charge in [-0.1, -0.05) is 12.1 Å². The highest BCUT2D eigenvalue weighted by atomic mass is 16.5. The Morgan fingerprint density at radius 2 is 2.08 bits per heavy atom. The van der Waals surface area contributed by atoms with Crippen LogP contribution in [0.3, 0.4) is 0 Å². The van der Waals surface area contributed by atoms with E-state index in [0.29, 0.717) is 35.0 Å². The minimum Gasteiger partial charge on any atom is -0.466 e. The minimum atomic E-state index is -0.364. The van der Waals surface area contributed by atoms with Gasteiger partial charge in [-0.15, -0.1) is 10.2 Å². The van der Waals surface area contributed by atoms with E-state index in [1.54, 1.807) is 31.2 Å². The van der Waals surface area contributed by atoms with E-state index in [0.717, 1.165) is 5.69 Å². The summed E-state index contributed by atoms with van der Waals surface area (Å²) in [6, 6.07) is 14.6. The highest BCUT2D eigenvalue weighted by molar-refractivity contribution is 5.74. The highest BCUT2D eigenvalue weighted by Gasteiger charge is 2.17. The number of nitrogens with zero attached hydrogens (tertiary/aromatic N) is 5. The van der Waals surface area contributed by atoms with Crippen molar-refractivity contribution in [2.75, 3.05) is 6.61 Å². The van der Waals surface area contributed by atoms with Crippen LogP contribution in [0.4, 0.5) is 11.5 Å². The zero-order valence-corrected chi connectivity index (χ0v) is 14.5. The molecule has 2 aromatic heterocycles. The van der Waals surface area contributed by atoms with Crippen molar-refractivity contribution >= 4 is 23.1 Å². The molecule has 7 heteroatoms. The summed E-state index contributed by atoms with van der Waals surface area (Å²) in [7, 11) is 0. The average Bonchev–Trinajstić information content (AvgIpc) is 2.98. The Labute approximate surface area is 150 Å². The summed E-state index contributed by atoms with van der Waals surface area (Å²) >= 11 is 0. The number of carbonyl (C=O) groups is 1. The van der Waals surface area contributed by atoms with E-state index in [1.807, 2.05) is 29.5 Å². The fourth-order valence-electron chi connectivity index (χ4n) is 2.60. The molecule has 0 saturated heterocycles. The van der Waals surface area contributed by atoms with E-state index < -0.39 is 0 Å². The molecule has 1 aromatic carbocycles. The maximum atomic E-state index is 11.9. The van der Waals surface area contributed by atoms with Crippen molar-refractivity contribution in [1.82, 2.24) is 9.38 Å². The van der Waals surface area contributed by atoms with E-state index in [-0.39, 0.29) is 12.4 Å². The molecule has 0 bridgehead atoms. The van der Waals surface area contributed by atoms with Crippen molar-refractivity contribution in [2.45, 2.75) is 20.3 Å². The smallest absolute Gasteiger partial charge is 0.312 e. The largest absolute Gasteiger partial charge is 0.466 e. The number of carbonyl (C=O) groups excluding carboxylic acids is 1. The Kier molecular flexibility index (Phi) is 5.04. The molecule has 0 saturated carbocycles. The summed E-state index contributed by atoms with van der Waals surface area (Å²) < 4.78 is 6.86. The van der Waals surface area contributed by atoms with Crippen LogP contribution in [0.1, 0.15) is 23.9 Å². The molecule has 2 heterocycles. The van der Waals surface area contributed by atoms with Crippen LogP contribution in [-0.4, -0.2) is 22.0 Å². The van der Waals surface area contributed by atoms with Gasteiger partial charge in [-0.2, -0.15) is 5.26 Å². The molecule has 0 spiro atoms. The predicted molar refractivity (Wildman–Crippen MR) is 95.6 cm³/mol. The third-order valence-electron chi connectivity index (χ3n) is 3.74. The molecule has 0 N–H and O–H groups in total. The number of azo groups is 1. The molecule has 0 unspecified atom stereocenters. The second kappa shape index (κ2) is 7.57. The number of aromatic nitrogens is 2. The third kappa shape index (κ3) is 3.59. The van der Waals surface area contributed by atoms with Gasteiger partial charge in [0.1, 0.15) is 5.65 Å². The summed E-state index contributed by atoms with van der Waals surface area (Å²) in [6.07, 6.45) is 0.0154. The van der Waals surface area contributed by atoms with Gasteiger partial charge in [0.05, 0.1) is 36.0 Å².